The first-order chi connectivity index (χ1) is 15.1. The molecule has 31 heavy (non-hydrogen) atoms. The third-order valence-corrected chi connectivity index (χ3v) is 6.62. The fourth-order valence-electron chi connectivity index (χ4n) is 4.41. The summed E-state index contributed by atoms with van der Waals surface area (Å²) >= 11 is 6.48. The topological polar surface area (TPSA) is 75.3 Å². The van der Waals surface area contributed by atoms with Gasteiger partial charge < -0.3 is 20.7 Å². The van der Waals surface area contributed by atoms with Gasteiger partial charge >= 0.3 is 0 Å². The van der Waals surface area contributed by atoms with E-state index in [-0.39, 0.29) is 11.8 Å². The third kappa shape index (κ3) is 5.76. The van der Waals surface area contributed by atoms with Crippen LogP contribution < -0.4 is 16.0 Å². The molecule has 0 unspecified atom stereocenters. The number of halogens is 1. The molecule has 166 valence electrons. The van der Waals surface area contributed by atoms with Crippen LogP contribution in [0.3, 0.4) is 0 Å². The van der Waals surface area contributed by atoms with Gasteiger partial charge in [0.2, 0.25) is 5.91 Å². The number of ether oxygens (including phenoxy) is 1. The molecule has 6 nitrogen and oxygen atoms in total. The zero-order valence-electron chi connectivity index (χ0n) is 18.0. The lowest BCUT2D eigenvalue weighted by Crippen LogP contribution is -2.37. The molecule has 7 heteroatoms. The fourth-order valence-corrected chi connectivity index (χ4v) is 4.62. The van der Waals surface area contributed by atoms with Gasteiger partial charge in [-0.25, -0.2) is 4.98 Å². The summed E-state index contributed by atoms with van der Waals surface area (Å²) in [5.74, 6) is 1.13. The van der Waals surface area contributed by atoms with Crippen molar-refractivity contribution in [1.82, 2.24) is 10.3 Å². The van der Waals surface area contributed by atoms with Crippen molar-refractivity contribution in [3.8, 4) is 11.1 Å². The maximum atomic E-state index is 12.6. The first-order valence-corrected chi connectivity index (χ1v) is 11.6. The Morgan fingerprint density at radius 1 is 1.26 bits per heavy atom. The molecule has 2 aliphatic rings. The molecule has 0 saturated carbocycles. The van der Waals surface area contributed by atoms with Gasteiger partial charge in [-0.05, 0) is 68.8 Å². The van der Waals surface area contributed by atoms with Crippen LogP contribution in [-0.4, -0.2) is 43.2 Å². The van der Waals surface area contributed by atoms with Gasteiger partial charge in [-0.2, -0.15) is 0 Å². The number of piperidine rings is 1. The standard InChI is InChI=1S/C24H31ClN4O2/c1-16(17-7-10-31-11-8-17)28-20-6-2-4-18(12-20)21-13-23(27-15-22(21)25)29-24(30)19-5-3-9-26-14-19/h2,4,6,12-13,15-17,19,26,28H,3,5,7-11,14H2,1H3,(H,27,29,30)/t16-,19-/m1/s1. The minimum absolute atomic E-state index is 0.00803. The van der Waals surface area contributed by atoms with Crippen molar-refractivity contribution in [2.24, 2.45) is 11.8 Å². The van der Waals surface area contributed by atoms with Crippen LogP contribution in [0.25, 0.3) is 11.1 Å². The molecule has 2 saturated heterocycles. The lowest BCUT2D eigenvalue weighted by atomic mass is 9.92. The number of nitrogens with zero attached hydrogens (tertiary/aromatic N) is 1. The monoisotopic (exact) mass is 442 g/mol. The summed E-state index contributed by atoms with van der Waals surface area (Å²) in [5.41, 5.74) is 2.91. The van der Waals surface area contributed by atoms with Crippen LogP contribution in [0.1, 0.15) is 32.6 Å². The van der Waals surface area contributed by atoms with Gasteiger partial charge in [0.15, 0.2) is 0 Å². The molecule has 0 bridgehead atoms. The van der Waals surface area contributed by atoms with E-state index in [0.29, 0.717) is 29.3 Å². The van der Waals surface area contributed by atoms with Crippen molar-refractivity contribution in [1.29, 1.82) is 0 Å². The molecule has 3 heterocycles. The van der Waals surface area contributed by atoms with E-state index in [1.807, 2.05) is 18.2 Å². The molecular formula is C24H31ClN4O2. The molecule has 0 aliphatic carbocycles. The van der Waals surface area contributed by atoms with E-state index in [2.05, 4.69) is 40.0 Å². The van der Waals surface area contributed by atoms with Crippen LogP contribution >= 0.6 is 11.6 Å². The summed E-state index contributed by atoms with van der Waals surface area (Å²) in [4.78, 5) is 16.9. The lowest BCUT2D eigenvalue weighted by Gasteiger charge is -2.29. The van der Waals surface area contributed by atoms with E-state index in [1.165, 1.54) is 0 Å². The normalized spacial score (nSPS) is 20.8. The average Bonchev–Trinajstić information content (AvgIpc) is 2.81. The Labute approximate surface area is 189 Å². The summed E-state index contributed by atoms with van der Waals surface area (Å²) in [7, 11) is 0. The quantitative estimate of drug-likeness (QED) is 0.611. The second-order valence-electron chi connectivity index (χ2n) is 8.55. The zero-order chi connectivity index (χ0) is 21.6. The Hall–Kier alpha value is -2.15. The molecule has 2 atom stereocenters. The maximum Gasteiger partial charge on any atom is 0.229 e. The Balaban J connectivity index is 1.47. The summed E-state index contributed by atoms with van der Waals surface area (Å²) in [6.07, 6.45) is 5.70. The smallest absolute Gasteiger partial charge is 0.229 e. The van der Waals surface area contributed by atoms with Gasteiger partial charge in [-0.3, -0.25) is 4.79 Å². The molecule has 0 spiro atoms. The molecule has 4 rings (SSSR count). The van der Waals surface area contributed by atoms with Crippen LogP contribution in [0, 0.1) is 11.8 Å². The number of anilines is 2. The highest BCUT2D eigenvalue weighted by Crippen LogP contribution is 2.32. The van der Waals surface area contributed by atoms with Crippen molar-refractivity contribution in [3.63, 3.8) is 0 Å². The molecule has 1 aromatic carbocycles. The number of pyridine rings is 1. The highest BCUT2D eigenvalue weighted by Gasteiger charge is 2.22. The number of hydrogen-bond acceptors (Lipinski definition) is 5. The number of benzene rings is 1. The molecule has 1 amide bonds. The lowest BCUT2D eigenvalue weighted by molar-refractivity contribution is -0.120. The van der Waals surface area contributed by atoms with E-state index in [4.69, 9.17) is 16.3 Å². The average molecular weight is 443 g/mol. The van der Waals surface area contributed by atoms with E-state index in [9.17, 15) is 4.79 Å². The van der Waals surface area contributed by atoms with Crippen LogP contribution in [0.5, 0.6) is 0 Å². The fraction of sp³-hybridized carbons (Fsp3) is 0.500. The van der Waals surface area contributed by atoms with Gasteiger partial charge in [0.1, 0.15) is 5.82 Å². The maximum absolute atomic E-state index is 12.6. The largest absolute Gasteiger partial charge is 0.382 e. The van der Waals surface area contributed by atoms with Crippen molar-refractivity contribution < 1.29 is 9.53 Å². The predicted octanol–water partition coefficient (Wildman–Crippen LogP) is 4.57. The third-order valence-electron chi connectivity index (χ3n) is 6.32. The van der Waals surface area contributed by atoms with Gasteiger partial charge in [0.25, 0.3) is 0 Å². The number of amides is 1. The van der Waals surface area contributed by atoms with Gasteiger partial charge in [-0.1, -0.05) is 23.7 Å². The van der Waals surface area contributed by atoms with Gasteiger partial charge in [0, 0.05) is 43.2 Å². The first-order valence-electron chi connectivity index (χ1n) is 11.2. The van der Waals surface area contributed by atoms with Gasteiger partial charge in [-0.15, -0.1) is 0 Å². The second-order valence-corrected chi connectivity index (χ2v) is 8.95. The number of hydrogen-bond donors (Lipinski definition) is 3. The van der Waals surface area contributed by atoms with Crippen LogP contribution in [0.2, 0.25) is 5.02 Å². The summed E-state index contributed by atoms with van der Waals surface area (Å²) in [6.45, 7) is 5.61. The highest BCUT2D eigenvalue weighted by molar-refractivity contribution is 6.33. The van der Waals surface area contributed by atoms with Crippen molar-refractivity contribution in [2.45, 2.75) is 38.6 Å². The SMILES string of the molecule is C[C@@H](Nc1cccc(-c2cc(NC(=O)[C@@H]3CCCNC3)ncc2Cl)c1)C1CCOCC1. The molecule has 1 aromatic heterocycles. The van der Waals surface area contributed by atoms with Crippen LogP contribution in [0.4, 0.5) is 11.5 Å². The van der Waals surface area contributed by atoms with E-state index < -0.39 is 0 Å². The Bertz CT molecular complexity index is 895. The molecule has 2 fully saturated rings. The number of carbonyl (C=O) groups is 1. The summed E-state index contributed by atoms with van der Waals surface area (Å²) in [5, 5.41) is 10.4. The number of carbonyl (C=O) groups excluding carboxylic acids is 1. The number of aromatic nitrogens is 1. The molecular weight excluding hydrogens is 412 g/mol. The van der Waals surface area contributed by atoms with Crippen LogP contribution in [-0.2, 0) is 9.53 Å². The zero-order valence-corrected chi connectivity index (χ0v) is 18.8. The summed E-state index contributed by atoms with van der Waals surface area (Å²) in [6, 6.07) is 10.5. The van der Waals surface area contributed by atoms with Crippen molar-refractivity contribution in [3.05, 3.63) is 41.6 Å². The molecule has 2 aliphatic heterocycles. The summed E-state index contributed by atoms with van der Waals surface area (Å²) < 4.78 is 5.49. The Morgan fingerprint density at radius 3 is 2.87 bits per heavy atom. The number of nitrogens with one attached hydrogen (secondary N) is 3. The van der Waals surface area contributed by atoms with Crippen molar-refractivity contribution in [2.75, 3.05) is 36.9 Å². The van der Waals surface area contributed by atoms with Gasteiger partial charge in [0.05, 0.1) is 10.9 Å². The number of rotatable bonds is 6. The highest BCUT2D eigenvalue weighted by atomic mass is 35.5. The van der Waals surface area contributed by atoms with Crippen molar-refractivity contribution >= 4 is 29.0 Å². The first kappa shape index (κ1) is 22.1. The Morgan fingerprint density at radius 2 is 2.10 bits per heavy atom. The minimum atomic E-state index is -0.0196. The van der Waals surface area contributed by atoms with E-state index in [1.54, 1.807) is 6.20 Å². The van der Waals surface area contributed by atoms with Crippen LogP contribution in [0.15, 0.2) is 36.5 Å². The molecule has 2 aromatic rings. The van der Waals surface area contributed by atoms with E-state index in [0.717, 1.165) is 62.3 Å². The molecule has 0 radical (unpaired) electrons. The predicted molar refractivity (Wildman–Crippen MR) is 126 cm³/mol. The second kappa shape index (κ2) is 10.4. The molecule has 3 N–H and O–H groups in total. The Kier molecular flexibility index (Phi) is 7.43. The van der Waals surface area contributed by atoms with E-state index >= 15 is 0 Å². The minimum Gasteiger partial charge on any atom is -0.382 e.